The first-order chi connectivity index (χ1) is 9.56. The number of aromatic nitrogens is 2. The molecule has 104 valence electrons. The number of carbonyl (C=O) groups excluding carboxylic acids is 1. The molecule has 0 radical (unpaired) electrons. The van der Waals surface area contributed by atoms with Gasteiger partial charge in [-0.2, -0.15) is 5.10 Å². The van der Waals surface area contributed by atoms with Gasteiger partial charge in [0, 0.05) is 19.5 Å². The molecule has 2 aromatic rings. The molecule has 1 amide bonds. The largest absolute Gasteiger partial charge is 0.480 e. The molecule has 0 bridgehead atoms. The van der Waals surface area contributed by atoms with Gasteiger partial charge in [-0.25, -0.2) is 9.48 Å². The summed E-state index contributed by atoms with van der Waals surface area (Å²) in [6.07, 6.45) is 1.91. The van der Waals surface area contributed by atoms with Crippen LogP contribution in [0.3, 0.4) is 0 Å². The fraction of sp³-hybridized carbons (Fsp3) is 0.214. The third-order valence-corrected chi connectivity index (χ3v) is 2.75. The molecule has 20 heavy (non-hydrogen) atoms. The van der Waals surface area contributed by atoms with E-state index in [0.29, 0.717) is 5.69 Å². The van der Waals surface area contributed by atoms with Crippen LogP contribution < -0.4 is 5.32 Å². The number of hydrogen-bond acceptors (Lipinski definition) is 3. The Bertz CT molecular complexity index is 607. The quantitative estimate of drug-likeness (QED) is 0.851. The van der Waals surface area contributed by atoms with Gasteiger partial charge in [-0.3, -0.25) is 4.79 Å². The minimum absolute atomic E-state index is 0.148. The van der Waals surface area contributed by atoms with E-state index in [-0.39, 0.29) is 12.3 Å². The molecule has 6 heteroatoms. The molecule has 1 unspecified atom stereocenters. The summed E-state index contributed by atoms with van der Waals surface area (Å²) in [6.45, 7) is 1.29. The predicted molar refractivity (Wildman–Crippen MR) is 72.5 cm³/mol. The molecule has 1 heterocycles. The number of carboxylic acid groups (broad SMARTS) is 1. The van der Waals surface area contributed by atoms with Crippen molar-refractivity contribution in [1.82, 2.24) is 15.1 Å². The number of hydrogen-bond donors (Lipinski definition) is 2. The van der Waals surface area contributed by atoms with Crippen molar-refractivity contribution < 1.29 is 14.7 Å². The third-order valence-electron chi connectivity index (χ3n) is 2.75. The Hall–Kier alpha value is -2.63. The van der Waals surface area contributed by atoms with Crippen LogP contribution in [0.25, 0.3) is 5.69 Å². The first-order valence-electron chi connectivity index (χ1n) is 6.16. The number of aliphatic carboxylic acids is 1. The summed E-state index contributed by atoms with van der Waals surface area (Å²) in [5, 5.41) is 15.8. The van der Waals surface area contributed by atoms with Gasteiger partial charge in [0.2, 0.25) is 5.91 Å². The zero-order chi connectivity index (χ0) is 14.5. The number of nitrogens with one attached hydrogen (secondary N) is 1. The van der Waals surface area contributed by atoms with Crippen molar-refractivity contribution in [2.24, 2.45) is 0 Å². The maximum atomic E-state index is 11.1. The number of amides is 1. The Morgan fingerprint density at radius 3 is 2.60 bits per heavy atom. The van der Waals surface area contributed by atoms with E-state index in [2.05, 4.69) is 10.4 Å². The topological polar surface area (TPSA) is 84.2 Å². The second-order valence-corrected chi connectivity index (χ2v) is 4.38. The van der Waals surface area contributed by atoms with E-state index in [4.69, 9.17) is 5.11 Å². The van der Waals surface area contributed by atoms with Gasteiger partial charge in [0.05, 0.1) is 11.4 Å². The first-order valence-corrected chi connectivity index (χ1v) is 6.16. The van der Waals surface area contributed by atoms with Crippen molar-refractivity contribution in [2.75, 3.05) is 0 Å². The molecule has 1 atom stereocenters. The van der Waals surface area contributed by atoms with Crippen LogP contribution in [0, 0.1) is 0 Å². The first kappa shape index (κ1) is 13.8. The second-order valence-electron chi connectivity index (χ2n) is 4.38. The van der Waals surface area contributed by atoms with Gasteiger partial charge in [0.25, 0.3) is 0 Å². The second kappa shape index (κ2) is 6.01. The Kier molecular flexibility index (Phi) is 4.14. The average Bonchev–Trinajstić information content (AvgIpc) is 2.87. The van der Waals surface area contributed by atoms with Crippen LogP contribution in [0.5, 0.6) is 0 Å². The van der Waals surface area contributed by atoms with Crippen molar-refractivity contribution in [1.29, 1.82) is 0 Å². The monoisotopic (exact) mass is 273 g/mol. The van der Waals surface area contributed by atoms with E-state index in [1.165, 1.54) is 6.92 Å². The van der Waals surface area contributed by atoms with Crippen LogP contribution in [0.1, 0.15) is 12.6 Å². The average molecular weight is 273 g/mol. The molecule has 1 aromatic carbocycles. The minimum Gasteiger partial charge on any atom is -0.480 e. The standard InChI is InChI=1S/C14H15N3O3/c1-10(18)15-13(14(19)20)9-11-7-8-17(16-11)12-5-3-2-4-6-12/h2-8,13H,9H2,1H3,(H,15,18)(H,19,20). The zero-order valence-corrected chi connectivity index (χ0v) is 11.0. The lowest BCUT2D eigenvalue weighted by atomic mass is 10.1. The SMILES string of the molecule is CC(=O)NC(Cc1ccn(-c2ccccc2)n1)C(=O)O. The summed E-state index contributed by atoms with van der Waals surface area (Å²) in [4.78, 5) is 22.0. The van der Waals surface area contributed by atoms with Crippen LogP contribution in [-0.4, -0.2) is 32.8 Å². The van der Waals surface area contributed by atoms with Crippen LogP contribution in [0.2, 0.25) is 0 Å². The van der Waals surface area contributed by atoms with Crippen molar-refractivity contribution >= 4 is 11.9 Å². The number of carboxylic acids is 1. The molecule has 0 aliphatic rings. The highest BCUT2D eigenvalue weighted by atomic mass is 16.4. The maximum absolute atomic E-state index is 11.1. The lowest BCUT2D eigenvalue weighted by Gasteiger charge is -2.11. The molecule has 0 saturated carbocycles. The van der Waals surface area contributed by atoms with E-state index < -0.39 is 12.0 Å². The molecule has 0 saturated heterocycles. The number of carbonyl (C=O) groups is 2. The zero-order valence-electron chi connectivity index (χ0n) is 11.0. The van der Waals surface area contributed by atoms with Gasteiger partial charge in [0.1, 0.15) is 6.04 Å². The molecule has 1 aromatic heterocycles. The van der Waals surface area contributed by atoms with Crippen molar-refractivity contribution in [3.05, 3.63) is 48.3 Å². The summed E-state index contributed by atoms with van der Waals surface area (Å²) in [7, 11) is 0. The Balaban J connectivity index is 2.12. The highest BCUT2D eigenvalue weighted by molar-refractivity contribution is 5.82. The summed E-state index contributed by atoms with van der Waals surface area (Å²) in [5.74, 6) is -1.45. The van der Waals surface area contributed by atoms with Gasteiger partial charge >= 0.3 is 5.97 Å². The summed E-state index contributed by atoms with van der Waals surface area (Å²) < 4.78 is 1.67. The van der Waals surface area contributed by atoms with Crippen LogP contribution in [0.15, 0.2) is 42.6 Å². The maximum Gasteiger partial charge on any atom is 0.326 e. The van der Waals surface area contributed by atoms with Gasteiger partial charge < -0.3 is 10.4 Å². The van der Waals surface area contributed by atoms with Gasteiger partial charge in [0.15, 0.2) is 0 Å². The minimum atomic E-state index is -1.07. The van der Waals surface area contributed by atoms with E-state index in [9.17, 15) is 9.59 Å². The Morgan fingerprint density at radius 1 is 1.30 bits per heavy atom. The molecule has 0 spiro atoms. The van der Waals surface area contributed by atoms with Crippen LogP contribution in [-0.2, 0) is 16.0 Å². The van der Waals surface area contributed by atoms with E-state index in [1.807, 2.05) is 30.3 Å². The lowest BCUT2D eigenvalue weighted by molar-refractivity contribution is -0.141. The summed E-state index contributed by atoms with van der Waals surface area (Å²) in [6, 6.07) is 10.3. The highest BCUT2D eigenvalue weighted by Crippen LogP contribution is 2.08. The molecule has 0 fully saturated rings. The third kappa shape index (κ3) is 3.44. The van der Waals surface area contributed by atoms with E-state index >= 15 is 0 Å². The molecule has 2 rings (SSSR count). The number of benzene rings is 1. The molecule has 0 aliphatic heterocycles. The smallest absolute Gasteiger partial charge is 0.326 e. The number of para-hydroxylation sites is 1. The van der Waals surface area contributed by atoms with Gasteiger partial charge in [-0.05, 0) is 18.2 Å². The molecule has 6 nitrogen and oxygen atoms in total. The fourth-order valence-corrected chi connectivity index (χ4v) is 1.85. The predicted octanol–water partition coefficient (Wildman–Crippen LogP) is 1.00. The molecular weight excluding hydrogens is 258 g/mol. The van der Waals surface area contributed by atoms with Crippen molar-refractivity contribution in [3.63, 3.8) is 0 Å². The Morgan fingerprint density at radius 2 is 2.00 bits per heavy atom. The van der Waals surface area contributed by atoms with Gasteiger partial charge in [-0.1, -0.05) is 18.2 Å². The van der Waals surface area contributed by atoms with Gasteiger partial charge in [-0.15, -0.1) is 0 Å². The van der Waals surface area contributed by atoms with Crippen LogP contribution >= 0.6 is 0 Å². The summed E-state index contributed by atoms with van der Waals surface area (Å²) >= 11 is 0. The van der Waals surface area contributed by atoms with Crippen molar-refractivity contribution in [2.45, 2.75) is 19.4 Å². The Labute approximate surface area is 116 Å². The van der Waals surface area contributed by atoms with E-state index in [0.717, 1.165) is 5.69 Å². The molecular formula is C14H15N3O3. The van der Waals surface area contributed by atoms with Crippen molar-refractivity contribution in [3.8, 4) is 5.69 Å². The lowest BCUT2D eigenvalue weighted by Crippen LogP contribution is -2.41. The number of rotatable bonds is 5. The van der Waals surface area contributed by atoms with E-state index in [1.54, 1.807) is 16.9 Å². The van der Waals surface area contributed by atoms with Crippen LogP contribution in [0.4, 0.5) is 0 Å². The number of nitrogens with zero attached hydrogens (tertiary/aromatic N) is 2. The molecule has 0 aliphatic carbocycles. The fourth-order valence-electron chi connectivity index (χ4n) is 1.85. The normalized spacial score (nSPS) is 11.8. The molecule has 2 N–H and O–H groups in total. The highest BCUT2D eigenvalue weighted by Gasteiger charge is 2.20. The summed E-state index contributed by atoms with van der Waals surface area (Å²) in [5.41, 5.74) is 1.50.